The van der Waals surface area contributed by atoms with E-state index in [0.29, 0.717) is 11.8 Å². The van der Waals surface area contributed by atoms with Crippen LogP contribution in [0.1, 0.15) is 25.8 Å². The third-order valence-electron chi connectivity index (χ3n) is 4.31. The highest BCUT2D eigenvalue weighted by Crippen LogP contribution is 2.42. The Morgan fingerprint density at radius 1 is 1.33 bits per heavy atom. The number of ether oxygens (including phenoxy) is 1. The van der Waals surface area contributed by atoms with Crippen molar-refractivity contribution in [2.45, 2.75) is 36.2 Å². The summed E-state index contributed by atoms with van der Waals surface area (Å²) in [6.07, 6.45) is 2.27. The number of methoxy groups -OCH3 is 1. The molecule has 0 spiro atoms. The van der Waals surface area contributed by atoms with Crippen LogP contribution in [0, 0.1) is 0 Å². The van der Waals surface area contributed by atoms with Crippen molar-refractivity contribution in [3.8, 4) is 16.5 Å². The van der Waals surface area contributed by atoms with Crippen molar-refractivity contribution in [2.75, 3.05) is 12.4 Å². The highest BCUT2D eigenvalue weighted by atomic mass is 32.2. The lowest BCUT2D eigenvalue weighted by Crippen LogP contribution is -2.23. The molecule has 1 aromatic carbocycles. The molecule has 1 amide bonds. The van der Waals surface area contributed by atoms with E-state index < -0.39 is 0 Å². The summed E-state index contributed by atoms with van der Waals surface area (Å²) in [5.74, 6) is 1.54. The second-order valence-electron chi connectivity index (χ2n) is 6.37. The summed E-state index contributed by atoms with van der Waals surface area (Å²) < 4.78 is 7.39. The van der Waals surface area contributed by atoms with Crippen LogP contribution in [0.2, 0.25) is 0 Å². The number of amides is 1. The number of carbonyl (C=O) groups is 1. The molecule has 0 aliphatic heterocycles. The molecule has 1 aliphatic carbocycles. The first-order valence-electron chi connectivity index (χ1n) is 8.76. The Labute approximate surface area is 166 Å². The number of benzene rings is 1. The summed E-state index contributed by atoms with van der Waals surface area (Å²) in [6.45, 7) is 1.89. The van der Waals surface area contributed by atoms with Crippen molar-refractivity contribution >= 4 is 34.7 Å². The van der Waals surface area contributed by atoms with Crippen LogP contribution < -0.4 is 10.1 Å². The Balaban J connectivity index is 1.49. The van der Waals surface area contributed by atoms with Gasteiger partial charge in [0.15, 0.2) is 11.0 Å². The van der Waals surface area contributed by atoms with E-state index >= 15 is 0 Å². The molecule has 2 heterocycles. The van der Waals surface area contributed by atoms with Gasteiger partial charge in [-0.05, 0) is 43.3 Å². The molecule has 1 aliphatic rings. The maximum Gasteiger partial charge on any atom is 0.237 e. The van der Waals surface area contributed by atoms with Crippen molar-refractivity contribution in [3.63, 3.8) is 0 Å². The molecule has 1 N–H and O–H groups in total. The molecule has 1 atom stereocenters. The first kappa shape index (κ1) is 18.1. The summed E-state index contributed by atoms with van der Waals surface area (Å²) >= 11 is 3.10. The molecule has 0 bridgehead atoms. The van der Waals surface area contributed by atoms with Gasteiger partial charge < -0.3 is 10.1 Å². The highest BCUT2D eigenvalue weighted by Gasteiger charge is 2.31. The maximum absolute atomic E-state index is 12.6. The van der Waals surface area contributed by atoms with Crippen molar-refractivity contribution in [2.24, 2.45) is 0 Å². The fourth-order valence-corrected chi connectivity index (χ4v) is 4.37. The molecule has 0 saturated heterocycles. The average molecular weight is 401 g/mol. The molecule has 27 heavy (non-hydrogen) atoms. The summed E-state index contributed by atoms with van der Waals surface area (Å²) in [5.41, 5.74) is 0.717. The SMILES string of the molecule is COc1cccc(NC(=O)[C@H](C)Sc2nnc(-c3cccs3)n2C2CC2)c1. The van der Waals surface area contributed by atoms with Crippen molar-refractivity contribution < 1.29 is 9.53 Å². The third kappa shape index (κ3) is 4.01. The van der Waals surface area contributed by atoms with Crippen LogP contribution in [0.25, 0.3) is 10.7 Å². The van der Waals surface area contributed by atoms with Crippen LogP contribution >= 0.6 is 23.1 Å². The smallest absolute Gasteiger partial charge is 0.237 e. The number of hydrogen-bond donors (Lipinski definition) is 1. The summed E-state index contributed by atoms with van der Waals surface area (Å²) in [4.78, 5) is 13.7. The zero-order valence-electron chi connectivity index (χ0n) is 15.1. The Bertz CT molecular complexity index is 935. The predicted octanol–water partition coefficient (Wildman–Crippen LogP) is 4.47. The topological polar surface area (TPSA) is 69.0 Å². The van der Waals surface area contributed by atoms with E-state index in [1.165, 1.54) is 11.8 Å². The van der Waals surface area contributed by atoms with Crippen LogP contribution in [-0.4, -0.2) is 33.0 Å². The Morgan fingerprint density at radius 3 is 2.89 bits per heavy atom. The van der Waals surface area contributed by atoms with Gasteiger partial charge in [0.2, 0.25) is 5.91 Å². The Kier molecular flexibility index (Phi) is 5.18. The van der Waals surface area contributed by atoms with Crippen molar-refractivity contribution in [1.29, 1.82) is 0 Å². The molecule has 4 rings (SSSR count). The summed E-state index contributed by atoms with van der Waals surface area (Å²) in [7, 11) is 1.61. The largest absolute Gasteiger partial charge is 0.497 e. The first-order chi connectivity index (χ1) is 13.2. The molecule has 1 saturated carbocycles. The number of nitrogens with zero attached hydrogens (tertiary/aromatic N) is 3. The molecular weight excluding hydrogens is 380 g/mol. The van der Waals surface area contributed by atoms with Gasteiger partial charge in [-0.25, -0.2) is 0 Å². The maximum atomic E-state index is 12.6. The quantitative estimate of drug-likeness (QED) is 0.593. The molecule has 6 nitrogen and oxygen atoms in total. The standard InChI is InChI=1S/C19H20N4O2S2/c1-12(18(24)20-13-5-3-6-15(11-13)25-2)27-19-22-21-17(16-7-4-10-26-16)23(19)14-8-9-14/h3-7,10-12,14H,8-9H2,1-2H3,(H,20,24)/t12-/m0/s1. The molecule has 2 aromatic heterocycles. The van der Waals surface area contributed by atoms with Gasteiger partial charge in [-0.2, -0.15) is 0 Å². The molecule has 140 valence electrons. The number of anilines is 1. The van der Waals surface area contributed by atoms with Gasteiger partial charge in [0, 0.05) is 17.8 Å². The van der Waals surface area contributed by atoms with E-state index in [-0.39, 0.29) is 11.2 Å². The molecule has 8 heteroatoms. The number of thiophene rings is 1. The minimum absolute atomic E-state index is 0.0729. The van der Waals surface area contributed by atoms with E-state index in [1.807, 2.05) is 36.6 Å². The van der Waals surface area contributed by atoms with E-state index in [9.17, 15) is 4.79 Å². The van der Waals surface area contributed by atoms with Gasteiger partial charge in [-0.15, -0.1) is 21.5 Å². The van der Waals surface area contributed by atoms with Gasteiger partial charge in [-0.1, -0.05) is 23.9 Å². The summed E-state index contributed by atoms with van der Waals surface area (Å²) in [6, 6.07) is 11.9. The van der Waals surface area contributed by atoms with Crippen LogP contribution in [0.5, 0.6) is 5.75 Å². The number of rotatable bonds is 7. The molecular formula is C19H20N4O2S2. The number of thioether (sulfide) groups is 1. The summed E-state index contributed by atoms with van der Waals surface area (Å²) in [5, 5.41) is 14.2. The van der Waals surface area contributed by atoms with Gasteiger partial charge in [0.1, 0.15) is 5.75 Å². The number of carbonyl (C=O) groups excluding carboxylic acids is 1. The number of nitrogens with one attached hydrogen (secondary N) is 1. The number of aromatic nitrogens is 3. The van der Waals surface area contributed by atoms with Crippen LogP contribution in [0.4, 0.5) is 5.69 Å². The van der Waals surface area contributed by atoms with Gasteiger partial charge in [-0.3, -0.25) is 9.36 Å². The van der Waals surface area contributed by atoms with Gasteiger partial charge >= 0.3 is 0 Å². The van der Waals surface area contributed by atoms with E-state index in [4.69, 9.17) is 4.74 Å². The zero-order chi connectivity index (χ0) is 18.8. The number of hydrogen-bond acceptors (Lipinski definition) is 6. The Morgan fingerprint density at radius 2 is 2.19 bits per heavy atom. The first-order valence-corrected chi connectivity index (χ1v) is 10.5. The molecule has 1 fully saturated rings. The van der Waals surface area contributed by atoms with Crippen molar-refractivity contribution in [3.05, 3.63) is 41.8 Å². The normalized spacial score (nSPS) is 14.7. The zero-order valence-corrected chi connectivity index (χ0v) is 16.7. The minimum atomic E-state index is -0.297. The van der Waals surface area contributed by atoms with Crippen LogP contribution in [-0.2, 0) is 4.79 Å². The monoisotopic (exact) mass is 400 g/mol. The third-order valence-corrected chi connectivity index (χ3v) is 6.23. The fourth-order valence-electron chi connectivity index (χ4n) is 2.75. The fraction of sp³-hybridized carbons (Fsp3) is 0.316. The Hall–Kier alpha value is -2.32. The lowest BCUT2D eigenvalue weighted by molar-refractivity contribution is -0.115. The molecule has 0 radical (unpaired) electrons. The van der Waals surface area contributed by atoms with Crippen LogP contribution in [0.3, 0.4) is 0 Å². The van der Waals surface area contributed by atoms with Gasteiger partial charge in [0.05, 0.1) is 17.2 Å². The van der Waals surface area contributed by atoms with Gasteiger partial charge in [0.25, 0.3) is 0 Å². The molecule has 3 aromatic rings. The predicted molar refractivity (Wildman–Crippen MR) is 109 cm³/mol. The highest BCUT2D eigenvalue weighted by molar-refractivity contribution is 8.00. The second-order valence-corrected chi connectivity index (χ2v) is 8.62. The molecule has 0 unspecified atom stereocenters. The minimum Gasteiger partial charge on any atom is -0.497 e. The lowest BCUT2D eigenvalue weighted by Gasteiger charge is -2.13. The van der Waals surface area contributed by atoms with Crippen LogP contribution in [0.15, 0.2) is 46.9 Å². The van der Waals surface area contributed by atoms with Crippen molar-refractivity contribution in [1.82, 2.24) is 14.8 Å². The van der Waals surface area contributed by atoms with E-state index in [2.05, 4.69) is 26.1 Å². The second kappa shape index (κ2) is 7.74. The van der Waals surface area contributed by atoms with E-state index in [1.54, 1.807) is 24.5 Å². The lowest BCUT2D eigenvalue weighted by atomic mass is 10.3. The van der Waals surface area contributed by atoms with E-state index in [0.717, 1.165) is 34.4 Å². The average Bonchev–Trinajstić information content (AvgIpc) is 3.20.